The second kappa shape index (κ2) is 5.19. The molecule has 0 saturated carbocycles. The van der Waals surface area contributed by atoms with E-state index in [0.29, 0.717) is 11.6 Å². The number of fused-ring (bicyclic) bond motifs is 1. The molecular weight excluding hydrogens is 258 g/mol. The molecule has 1 aromatic carbocycles. The lowest BCUT2D eigenvalue weighted by Crippen LogP contribution is -1.95. The zero-order valence-corrected chi connectivity index (χ0v) is 10.8. The highest BCUT2D eigenvalue weighted by Crippen LogP contribution is 2.26. The maximum Gasteiger partial charge on any atom is 0.141 e. The summed E-state index contributed by atoms with van der Waals surface area (Å²) in [5, 5.41) is 2.00. The number of anilines is 1. The van der Waals surface area contributed by atoms with E-state index in [1.54, 1.807) is 30.5 Å². The number of nitrogens with two attached hydrogens (primary N) is 1. The quantitative estimate of drug-likeness (QED) is 0.580. The first-order chi connectivity index (χ1) is 9.33. The SMILES string of the molecule is Nc1cnc(CSc2ncnc3ccccc23)cn1. The third kappa shape index (κ3) is 2.63. The van der Waals surface area contributed by atoms with E-state index in [4.69, 9.17) is 5.73 Å². The minimum absolute atomic E-state index is 0.432. The van der Waals surface area contributed by atoms with Crippen molar-refractivity contribution in [1.29, 1.82) is 0 Å². The van der Waals surface area contributed by atoms with E-state index >= 15 is 0 Å². The molecule has 0 spiro atoms. The zero-order chi connectivity index (χ0) is 13.1. The lowest BCUT2D eigenvalue weighted by molar-refractivity contribution is 1.08. The predicted molar refractivity (Wildman–Crippen MR) is 75.5 cm³/mol. The highest BCUT2D eigenvalue weighted by atomic mass is 32.2. The van der Waals surface area contributed by atoms with Crippen molar-refractivity contribution in [2.24, 2.45) is 0 Å². The van der Waals surface area contributed by atoms with Gasteiger partial charge in [-0.1, -0.05) is 30.0 Å². The normalized spacial score (nSPS) is 10.7. The molecule has 0 bridgehead atoms. The van der Waals surface area contributed by atoms with Crippen LogP contribution in [0.5, 0.6) is 0 Å². The number of nitrogen functional groups attached to an aromatic ring is 1. The van der Waals surface area contributed by atoms with Gasteiger partial charge < -0.3 is 5.73 Å². The molecule has 0 unspecified atom stereocenters. The van der Waals surface area contributed by atoms with Gasteiger partial charge in [0.05, 0.1) is 23.6 Å². The standard InChI is InChI=1S/C13H11N5S/c14-12-6-15-9(5-16-12)7-19-13-10-3-1-2-4-11(10)17-8-18-13/h1-6,8H,7H2,(H2,14,16). The van der Waals surface area contributed by atoms with Gasteiger partial charge in [-0.2, -0.15) is 0 Å². The number of rotatable bonds is 3. The van der Waals surface area contributed by atoms with Crippen molar-refractivity contribution in [2.45, 2.75) is 10.8 Å². The van der Waals surface area contributed by atoms with Gasteiger partial charge in [-0.25, -0.2) is 15.0 Å². The molecule has 0 radical (unpaired) electrons. The fraction of sp³-hybridized carbons (Fsp3) is 0.0769. The van der Waals surface area contributed by atoms with E-state index in [9.17, 15) is 0 Å². The number of thioether (sulfide) groups is 1. The Labute approximate surface area is 114 Å². The topological polar surface area (TPSA) is 77.6 Å². The number of hydrogen-bond acceptors (Lipinski definition) is 6. The Kier molecular flexibility index (Phi) is 3.24. The number of hydrogen-bond donors (Lipinski definition) is 1. The van der Waals surface area contributed by atoms with Crippen molar-refractivity contribution < 1.29 is 0 Å². The Bertz CT molecular complexity index is 693. The average Bonchev–Trinajstić information content (AvgIpc) is 2.47. The summed E-state index contributed by atoms with van der Waals surface area (Å²) in [6.45, 7) is 0. The van der Waals surface area contributed by atoms with Gasteiger partial charge in [0.1, 0.15) is 17.2 Å². The lowest BCUT2D eigenvalue weighted by atomic mass is 10.2. The first-order valence-corrected chi connectivity index (χ1v) is 6.70. The van der Waals surface area contributed by atoms with Gasteiger partial charge in [0, 0.05) is 11.1 Å². The molecule has 3 rings (SSSR count). The minimum Gasteiger partial charge on any atom is -0.382 e. The van der Waals surface area contributed by atoms with Crippen molar-refractivity contribution in [1.82, 2.24) is 19.9 Å². The smallest absolute Gasteiger partial charge is 0.141 e. The van der Waals surface area contributed by atoms with E-state index in [0.717, 1.165) is 21.6 Å². The molecular formula is C13H11N5S. The van der Waals surface area contributed by atoms with Crippen LogP contribution in [0.25, 0.3) is 10.9 Å². The van der Waals surface area contributed by atoms with Gasteiger partial charge in [0.15, 0.2) is 0 Å². The van der Waals surface area contributed by atoms with Crippen LogP contribution < -0.4 is 5.73 Å². The number of aromatic nitrogens is 4. The van der Waals surface area contributed by atoms with Crippen LogP contribution in [-0.4, -0.2) is 19.9 Å². The predicted octanol–water partition coefficient (Wildman–Crippen LogP) is 2.29. The third-order valence-corrected chi connectivity index (χ3v) is 3.63. The van der Waals surface area contributed by atoms with Crippen molar-refractivity contribution >= 4 is 28.5 Å². The molecule has 3 aromatic rings. The zero-order valence-electron chi connectivity index (χ0n) is 10.0. The fourth-order valence-electron chi connectivity index (χ4n) is 1.68. The molecule has 0 amide bonds. The monoisotopic (exact) mass is 269 g/mol. The van der Waals surface area contributed by atoms with E-state index in [1.165, 1.54) is 0 Å². The Morgan fingerprint density at radius 2 is 1.89 bits per heavy atom. The van der Waals surface area contributed by atoms with Gasteiger partial charge in [-0.3, -0.25) is 4.98 Å². The largest absolute Gasteiger partial charge is 0.382 e. The van der Waals surface area contributed by atoms with Crippen molar-refractivity contribution in [2.75, 3.05) is 5.73 Å². The average molecular weight is 269 g/mol. The minimum atomic E-state index is 0.432. The highest BCUT2D eigenvalue weighted by Gasteiger charge is 2.04. The molecule has 0 saturated heterocycles. The summed E-state index contributed by atoms with van der Waals surface area (Å²) < 4.78 is 0. The molecule has 0 aliphatic rings. The Balaban J connectivity index is 1.84. The maximum absolute atomic E-state index is 5.51. The third-order valence-electron chi connectivity index (χ3n) is 2.59. The van der Waals surface area contributed by atoms with E-state index in [2.05, 4.69) is 19.9 Å². The first kappa shape index (κ1) is 11.9. The second-order valence-electron chi connectivity index (χ2n) is 3.92. The lowest BCUT2D eigenvalue weighted by Gasteiger charge is -2.04. The summed E-state index contributed by atoms with van der Waals surface area (Å²) in [5.74, 6) is 1.13. The van der Waals surface area contributed by atoms with Gasteiger partial charge >= 0.3 is 0 Å². The summed E-state index contributed by atoms with van der Waals surface area (Å²) in [4.78, 5) is 16.8. The van der Waals surface area contributed by atoms with Crippen LogP contribution in [0.3, 0.4) is 0 Å². The molecule has 0 aliphatic carbocycles. The number of benzene rings is 1. The summed E-state index contributed by atoms with van der Waals surface area (Å²) in [6, 6.07) is 7.95. The van der Waals surface area contributed by atoms with E-state index in [-0.39, 0.29) is 0 Å². The Hall–Kier alpha value is -2.21. The summed E-state index contributed by atoms with van der Waals surface area (Å²) in [7, 11) is 0. The molecule has 0 aliphatic heterocycles. The van der Waals surface area contributed by atoms with Gasteiger partial charge in [0.2, 0.25) is 0 Å². The van der Waals surface area contributed by atoms with E-state index < -0.39 is 0 Å². The van der Waals surface area contributed by atoms with Crippen LogP contribution in [0, 0.1) is 0 Å². The first-order valence-electron chi connectivity index (χ1n) is 5.72. The molecule has 19 heavy (non-hydrogen) atoms. The molecule has 6 heteroatoms. The van der Waals surface area contributed by atoms with Gasteiger partial charge in [0.25, 0.3) is 0 Å². The number of para-hydroxylation sites is 1. The molecule has 2 N–H and O–H groups in total. The maximum atomic E-state index is 5.51. The molecule has 5 nitrogen and oxygen atoms in total. The van der Waals surface area contributed by atoms with Crippen LogP contribution in [0.15, 0.2) is 48.0 Å². The summed E-state index contributed by atoms with van der Waals surface area (Å²) >= 11 is 1.61. The van der Waals surface area contributed by atoms with Gasteiger partial charge in [-0.15, -0.1) is 0 Å². The molecule has 0 atom stereocenters. The van der Waals surface area contributed by atoms with E-state index in [1.807, 2.05) is 24.3 Å². The van der Waals surface area contributed by atoms with Crippen LogP contribution in [-0.2, 0) is 5.75 Å². The molecule has 94 valence electrons. The van der Waals surface area contributed by atoms with Crippen molar-refractivity contribution in [3.8, 4) is 0 Å². The fourth-order valence-corrected chi connectivity index (χ4v) is 2.56. The summed E-state index contributed by atoms with van der Waals surface area (Å²) in [5.41, 5.74) is 7.33. The number of nitrogens with zero attached hydrogens (tertiary/aromatic N) is 4. The van der Waals surface area contributed by atoms with Crippen LogP contribution in [0.4, 0.5) is 5.82 Å². The highest BCUT2D eigenvalue weighted by molar-refractivity contribution is 7.98. The Morgan fingerprint density at radius 1 is 1.00 bits per heavy atom. The summed E-state index contributed by atoms with van der Waals surface area (Å²) in [6.07, 6.45) is 4.83. The molecule has 2 aromatic heterocycles. The van der Waals surface area contributed by atoms with Crippen molar-refractivity contribution in [3.05, 3.63) is 48.7 Å². The van der Waals surface area contributed by atoms with Crippen LogP contribution >= 0.6 is 11.8 Å². The Morgan fingerprint density at radius 3 is 2.74 bits per heavy atom. The van der Waals surface area contributed by atoms with Crippen molar-refractivity contribution in [3.63, 3.8) is 0 Å². The van der Waals surface area contributed by atoms with Crippen LogP contribution in [0.1, 0.15) is 5.69 Å². The molecule has 0 fully saturated rings. The van der Waals surface area contributed by atoms with Crippen LogP contribution in [0.2, 0.25) is 0 Å². The second-order valence-corrected chi connectivity index (χ2v) is 4.88. The van der Waals surface area contributed by atoms with Gasteiger partial charge in [-0.05, 0) is 6.07 Å². The molecule has 2 heterocycles.